The molecule has 3 aromatic carbocycles. The number of thioether (sulfide) groups is 1. The molecule has 0 saturated carbocycles. The second-order valence-electron chi connectivity index (χ2n) is 6.68. The van der Waals surface area contributed by atoms with Crippen molar-refractivity contribution in [1.82, 2.24) is 4.90 Å². The molecule has 2 amide bonds. The highest BCUT2D eigenvalue weighted by atomic mass is 32.2. The third-order valence-electron chi connectivity index (χ3n) is 4.76. The van der Waals surface area contributed by atoms with Crippen LogP contribution in [0.25, 0.3) is 16.8 Å². The van der Waals surface area contributed by atoms with Crippen molar-refractivity contribution in [3.05, 3.63) is 82.3 Å². The van der Waals surface area contributed by atoms with E-state index >= 15 is 0 Å². The summed E-state index contributed by atoms with van der Waals surface area (Å²) in [4.78, 5) is 27.0. The lowest BCUT2D eigenvalue weighted by atomic mass is 10.1. The molecule has 0 spiro atoms. The van der Waals surface area contributed by atoms with Crippen molar-refractivity contribution in [3.8, 4) is 5.75 Å². The predicted octanol–water partition coefficient (Wildman–Crippen LogP) is 5.39. The summed E-state index contributed by atoms with van der Waals surface area (Å²) in [6.07, 6.45) is 1.74. The normalized spacial score (nSPS) is 15.6. The molecule has 3 aromatic rings. The Morgan fingerprint density at radius 1 is 1.00 bits per heavy atom. The summed E-state index contributed by atoms with van der Waals surface area (Å²) in [5.41, 5.74) is 2.78. The average molecular weight is 389 g/mol. The summed E-state index contributed by atoms with van der Waals surface area (Å²) in [5, 5.41) is 1.98. The Hall–Kier alpha value is -3.05. The molecular formula is C23H19NO3S. The molecule has 1 aliphatic rings. The fourth-order valence-electron chi connectivity index (χ4n) is 3.23. The molecule has 1 aliphatic heterocycles. The van der Waals surface area contributed by atoms with Crippen molar-refractivity contribution in [3.63, 3.8) is 0 Å². The standard InChI is InChI=1S/C23H19NO3S/c1-15-7-8-16(12-20(15)27-2)13-21-22(25)24(23(26)28-21)14-17-9-10-18-5-3-4-6-19(18)11-17/h3-13H,14H2,1-2H3/b21-13-. The van der Waals surface area contributed by atoms with Crippen molar-refractivity contribution in [2.75, 3.05) is 7.11 Å². The first-order valence-corrected chi connectivity index (χ1v) is 9.74. The summed E-state index contributed by atoms with van der Waals surface area (Å²) >= 11 is 0.975. The average Bonchev–Trinajstić information content (AvgIpc) is 2.96. The number of carbonyl (C=O) groups is 2. The van der Waals surface area contributed by atoms with E-state index in [1.165, 1.54) is 4.90 Å². The highest BCUT2D eigenvalue weighted by Crippen LogP contribution is 2.34. The van der Waals surface area contributed by atoms with E-state index in [2.05, 4.69) is 0 Å². The number of nitrogens with zero attached hydrogens (tertiary/aromatic N) is 1. The second-order valence-corrected chi connectivity index (χ2v) is 7.67. The van der Waals surface area contributed by atoms with Crippen LogP contribution >= 0.6 is 11.8 Å². The van der Waals surface area contributed by atoms with Crippen molar-refractivity contribution >= 4 is 39.8 Å². The molecule has 1 heterocycles. The van der Waals surface area contributed by atoms with Gasteiger partial charge in [-0.15, -0.1) is 0 Å². The van der Waals surface area contributed by atoms with Crippen LogP contribution in [0.1, 0.15) is 16.7 Å². The van der Waals surface area contributed by atoms with Gasteiger partial charge in [0.2, 0.25) is 0 Å². The number of benzene rings is 3. The maximum Gasteiger partial charge on any atom is 0.293 e. The highest BCUT2D eigenvalue weighted by Gasteiger charge is 2.35. The Kier molecular flexibility index (Phi) is 4.92. The molecule has 4 nitrogen and oxygen atoms in total. The lowest BCUT2D eigenvalue weighted by molar-refractivity contribution is -0.123. The van der Waals surface area contributed by atoms with E-state index in [9.17, 15) is 9.59 Å². The van der Waals surface area contributed by atoms with E-state index in [-0.39, 0.29) is 17.7 Å². The molecule has 0 radical (unpaired) electrons. The van der Waals surface area contributed by atoms with Gasteiger partial charge in [-0.2, -0.15) is 0 Å². The first-order valence-electron chi connectivity index (χ1n) is 8.93. The van der Waals surface area contributed by atoms with Gasteiger partial charge in [0.15, 0.2) is 0 Å². The summed E-state index contributed by atoms with van der Waals surface area (Å²) < 4.78 is 5.33. The maximum atomic E-state index is 12.8. The van der Waals surface area contributed by atoms with Crippen LogP contribution in [0, 0.1) is 6.92 Å². The third kappa shape index (κ3) is 3.53. The number of methoxy groups -OCH3 is 1. The predicted molar refractivity (Wildman–Crippen MR) is 113 cm³/mol. The van der Waals surface area contributed by atoms with Crippen molar-refractivity contribution < 1.29 is 14.3 Å². The lowest BCUT2D eigenvalue weighted by Crippen LogP contribution is -2.27. The Morgan fingerprint density at radius 2 is 1.79 bits per heavy atom. The van der Waals surface area contributed by atoms with Crippen LogP contribution in [-0.4, -0.2) is 23.2 Å². The van der Waals surface area contributed by atoms with Gasteiger partial charge in [0.05, 0.1) is 18.6 Å². The van der Waals surface area contributed by atoms with Gasteiger partial charge in [-0.05, 0) is 64.4 Å². The van der Waals surface area contributed by atoms with Crippen LogP contribution in [0.2, 0.25) is 0 Å². The van der Waals surface area contributed by atoms with Gasteiger partial charge in [0.1, 0.15) is 5.75 Å². The van der Waals surface area contributed by atoms with Crippen molar-refractivity contribution in [1.29, 1.82) is 0 Å². The van der Waals surface area contributed by atoms with Gasteiger partial charge >= 0.3 is 0 Å². The van der Waals surface area contributed by atoms with E-state index in [4.69, 9.17) is 4.74 Å². The smallest absolute Gasteiger partial charge is 0.293 e. The quantitative estimate of drug-likeness (QED) is 0.561. The topological polar surface area (TPSA) is 46.6 Å². The first kappa shape index (κ1) is 18.3. The van der Waals surface area contributed by atoms with Crippen molar-refractivity contribution in [2.45, 2.75) is 13.5 Å². The maximum absolute atomic E-state index is 12.8. The van der Waals surface area contributed by atoms with Crippen LogP contribution in [0.4, 0.5) is 4.79 Å². The number of aryl methyl sites for hydroxylation is 1. The zero-order valence-corrected chi connectivity index (χ0v) is 16.5. The number of fused-ring (bicyclic) bond motifs is 1. The number of hydrogen-bond donors (Lipinski definition) is 0. The lowest BCUT2D eigenvalue weighted by Gasteiger charge is -2.13. The summed E-state index contributed by atoms with van der Waals surface area (Å²) in [5.74, 6) is 0.492. The van der Waals surface area contributed by atoms with Crippen LogP contribution in [0.15, 0.2) is 65.6 Å². The van der Waals surface area contributed by atoms with E-state index in [1.807, 2.05) is 67.6 Å². The van der Waals surface area contributed by atoms with Crippen molar-refractivity contribution in [2.24, 2.45) is 0 Å². The van der Waals surface area contributed by atoms with E-state index < -0.39 is 0 Å². The number of amides is 2. The fraction of sp³-hybridized carbons (Fsp3) is 0.130. The summed E-state index contributed by atoms with van der Waals surface area (Å²) in [6.45, 7) is 2.23. The number of carbonyl (C=O) groups excluding carboxylic acids is 2. The molecular weight excluding hydrogens is 370 g/mol. The van der Waals surface area contributed by atoms with Gasteiger partial charge < -0.3 is 4.74 Å². The zero-order chi connectivity index (χ0) is 19.7. The molecule has 0 aromatic heterocycles. The number of imide groups is 1. The Balaban J connectivity index is 1.58. The molecule has 1 saturated heterocycles. The van der Waals surface area contributed by atoms with Crippen LogP contribution in [0.5, 0.6) is 5.75 Å². The van der Waals surface area contributed by atoms with E-state index in [0.717, 1.165) is 45.0 Å². The Labute approximate surface area is 167 Å². The van der Waals surface area contributed by atoms with E-state index in [1.54, 1.807) is 13.2 Å². The van der Waals surface area contributed by atoms with Gasteiger partial charge in [0, 0.05) is 0 Å². The fourth-order valence-corrected chi connectivity index (χ4v) is 4.07. The molecule has 0 unspecified atom stereocenters. The Bertz CT molecular complexity index is 1120. The minimum absolute atomic E-state index is 0.247. The highest BCUT2D eigenvalue weighted by molar-refractivity contribution is 8.18. The molecule has 0 bridgehead atoms. The summed E-state index contributed by atoms with van der Waals surface area (Å²) in [6, 6.07) is 19.7. The first-order chi connectivity index (χ1) is 13.5. The SMILES string of the molecule is COc1cc(/C=C2\SC(=O)N(Cc3ccc4ccccc4c3)C2=O)ccc1C. The minimum atomic E-state index is -0.261. The summed E-state index contributed by atoms with van der Waals surface area (Å²) in [7, 11) is 1.61. The largest absolute Gasteiger partial charge is 0.496 e. The third-order valence-corrected chi connectivity index (χ3v) is 5.67. The zero-order valence-electron chi connectivity index (χ0n) is 15.6. The number of ether oxygens (including phenoxy) is 1. The molecule has 5 heteroatoms. The number of hydrogen-bond acceptors (Lipinski definition) is 4. The van der Waals surface area contributed by atoms with E-state index in [0.29, 0.717) is 4.91 Å². The van der Waals surface area contributed by atoms with Crippen LogP contribution in [0.3, 0.4) is 0 Å². The second kappa shape index (κ2) is 7.52. The van der Waals surface area contributed by atoms with Gasteiger partial charge in [0.25, 0.3) is 11.1 Å². The molecule has 4 rings (SSSR count). The van der Waals surface area contributed by atoms with Crippen LogP contribution < -0.4 is 4.74 Å². The number of rotatable bonds is 4. The molecule has 140 valence electrons. The Morgan fingerprint density at radius 3 is 2.57 bits per heavy atom. The minimum Gasteiger partial charge on any atom is -0.496 e. The van der Waals surface area contributed by atoms with Crippen LogP contribution in [-0.2, 0) is 11.3 Å². The molecule has 0 aliphatic carbocycles. The molecule has 28 heavy (non-hydrogen) atoms. The molecule has 0 atom stereocenters. The molecule has 1 fully saturated rings. The molecule has 0 N–H and O–H groups in total. The van der Waals surface area contributed by atoms with Gasteiger partial charge in [-0.25, -0.2) is 0 Å². The monoisotopic (exact) mass is 389 g/mol. The van der Waals surface area contributed by atoms with Gasteiger partial charge in [-0.3, -0.25) is 14.5 Å². The van der Waals surface area contributed by atoms with Gasteiger partial charge in [-0.1, -0.05) is 48.5 Å².